The molecule has 0 atom stereocenters. The Morgan fingerprint density at radius 3 is 2.88 bits per heavy atom. The number of nitrogens with zero attached hydrogens (tertiary/aromatic N) is 1. The molecule has 2 N–H and O–H groups in total. The van der Waals surface area contributed by atoms with Crippen LogP contribution in [-0.2, 0) is 9.53 Å². The van der Waals surface area contributed by atoms with Gasteiger partial charge in [-0.2, -0.15) is 0 Å². The van der Waals surface area contributed by atoms with Gasteiger partial charge in [-0.3, -0.25) is 4.79 Å². The van der Waals surface area contributed by atoms with E-state index in [-0.39, 0.29) is 16.4 Å². The summed E-state index contributed by atoms with van der Waals surface area (Å²) in [6, 6.07) is 3.76. The van der Waals surface area contributed by atoms with E-state index in [2.05, 4.69) is 29.5 Å². The average molecular weight is 400 g/mol. The Hall–Kier alpha value is -2.19. The van der Waals surface area contributed by atoms with Crippen LogP contribution in [0.1, 0.15) is 30.8 Å². The number of benzene rings is 1. The molecule has 140 valence electrons. The van der Waals surface area contributed by atoms with Gasteiger partial charge in [0.2, 0.25) is 0 Å². The van der Waals surface area contributed by atoms with E-state index in [1.165, 1.54) is 23.5 Å². The number of ether oxygens (including phenoxy) is 1. The molecule has 0 aliphatic rings. The molecule has 1 aromatic carbocycles. The van der Waals surface area contributed by atoms with E-state index in [1.54, 1.807) is 5.38 Å². The van der Waals surface area contributed by atoms with Crippen LogP contribution >= 0.6 is 22.9 Å². The van der Waals surface area contributed by atoms with Gasteiger partial charge in [0.1, 0.15) is 5.82 Å². The molecule has 9 heteroatoms. The summed E-state index contributed by atoms with van der Waals surface area (Å²) in [5.74, 6) is -1.47. The Balaban J connectivity index is 1.81. The van der Waals surface area contributed by atoms with Gasteiger partial charge in [0, 0.05) is 16.9 Å². The highest BCUT2D eigenvalue weighted by atomic mass is 35.5. The van der Waals surface area contributed by atoms with Crippen LogP contribution in [-0.4, -0.2) is 30.0 Å². The summed E-state index contributed by atoms with van der Waals surface area (Å²) >= 11 is 7.03. The molecule has 0 radical (unpaired) electrons. The van der Waals surface area contributed by atoms with E-state index in [4.69, 9.17) is 16.3 Å². The molecule has 1 amide bonds. The van der Waals surface area contributed by atoms with Crippen LogP contribution in [0.15, 0.2) is 23.6 Å². The maximum Gasteiger partial charge on any atom is 0.358 e. The fraction of sp³-hybridized carbons (Fsp3) is 0.353. The van der Waals surface area contributed by atoms with Crippen LogP contribution in [0, 0.1) is 11.7 Å². The minimum atomic E-state index is -0.722. The lowest BCUT2D eigenvalue weighted by Gasteiger charge is -2.07. The van der Waals surface area contributed by atoms with Gasteiger partial charge >= 0.3 is 5.97 Å². The number of hydrogen-bond donors (Lipinski definition) is 2. The number of aromatic nitrogens is 1. The summed E-state index contributed by atoms with van der Waals surface area (Å²) in [7, 11) is 0. The Bertz CT molecular complexity index is 782. The molecule has 1 aromatic heterocycles. The van der Waals surface area contributed by atoms with Gasteiger partial charge in [-0.15, -0.1) is 11.3 Å². The van der Waals surface area contributed by atoms with E-state index >= 15 is 0 Å². The average Bonchev–Trinajstić information content (AvgIpc) is 3.04. The molecular weight excluding hydrogens is 381 g/mol. The quantitative estimate of drug-likeness (QED) is 0.650. The molecule has 2 rings (SSSR count). The van der Waals surface area contributed by atoms with E-state index in [0.717, 1.165) is 19.0 Å². The normalized spacial score (nSPS) is 10.7. The summed E-state index contributed by atoms with van der Waals surface area (Å²) < 4.78 is 18.4. The van der Waals surface area contributed by atoms with Crippen LogP contribution in [0.5, 0.6) is 0 Å². The maximum atomic E-state index is 13.6. The second-order valence-corrected chi connectivity index (χ2v) is 7.19. The molecule has 0 bridgehead atoms. The molecule has 2 aromatic rings. The fourth-order valence-electron chi connectivity index (χ4n) is 1.90. The lowest BCUT2D eigenvalue weighted by atomic mass is 10.1. The van der Waals surface area contributed by atoms with Crippen molar-refractivity contribution < 1.29 is 18.7 Å². The van der Waals surface area contributed by atoms with Crippen LogP contribution in [0.4, 0.5) is 15.2 Å². The van der Waals surface area contributed by atoms with Gasteiger partial charge in [-0.1, -0.05) is 25.4 Å². The highest BCUT2D eigenvalue weighted by molar-refractivity contribution is 7.13. The first-order chi connectivity index (χ1) is 12.3. The first-order valence-corrected chi connectivity index (χ1v) is 9.22. The standard InChI is InChI=1S/C17H19ClFN3O3S/c1-10(2)5-6-20-17-22-14(9-26-17)16(24)25-8-15(23)21-13-7-11(18)3-4-12(13)19/h3-4,7,9-10H,5-6,8H2,1-2H3,(H,20,22)(H,21,23). The highest BCUT2D eigenvalue weighted by Gasteiger charge is 2.15. The Morgan fingerprint density at radius 2 is 2.15 bits per heavy atom. The summed E-state index contributed by atoms with van der Waals surface area (Å²) in [4.78, 5) is 27.8. The minimum Gasteiger partial charge on any atom is -0.451 e. The second kappa shape index (κ2) is 9.49. The molecule has 0 aliphatic carbocycles. The lowest BCUT2D eigenvalue weighted by molar-refractivity contribution is -0.119. The molecule has 0 saturated carbocycles. The van der Waals surface area contributed by atoms with Crippen LogP contribution in [0.3, 0.4) is 0 Å². The van der Waals surface area contributed by atoms with E-state index in [0.29, 0.717) is 11.0 Å². The number of thiazole rings is 1. The number of amides is 1. The SMILES string of the molecule is CC(C)CCNc1nc(C(=O)OCC(=O)Nc2cc(Cl)ccc2F)cs1. The second-order valence-electron chi connectivity index (χ2n) is 5.90. The Labute approximate surface area is 159 Å². The van der Waals surface area contributed by atoms with Crippen molar-refractivity contribution in [1.29, 1.82) is 0 Å². The third-order valence-electron chi connectivity index (χ3n) is 3.25. The van der Waals surface area contributed by atoms with Crippen molar-refractivity contribution in [3.8, 4) is 0 Å². The van der Waals surface area contributed by atoms with Crippen molar-refractivity contribution in [2.75, 3.05) is 23.8 Å². The van der Waals surface area contributed by atoms with Crippen molar-refractivity contribution in [2.24, 2.45) is 5.92 Å². The molecule has 0 spiro atoms. The summed E-state index contributed by atoms with van der Waals surface area (Å²) in [6.07, 6.45) is 0.986. The number of nitrogens with one attached hydrogen (secondary N) is 2. The predicted molar refractivity (Wildman–Crippen MR) is 100 cm³/mol. The van der Waals surface area contributed by atoms with Gasteiger partial charge in [0.15, 0.2) is 17.4 Å². The minimum absolute atomic E-state index is 0.0798. The smallest absolute Gasteiger partial charge is 0.358 e. The van der Waals surface area contributed by atoms with Gasteiger partial charge in [0.25, 0.3) is 5.91 Å². The Morgan fingerprint density at radius 1 is 1.38 bits per heavy atom. The van der Waals surface area contributed by atoms with Gasteiger partial charge < -0.3 is 15.4 Å². The molecule has 0 saturated heterocycles. The first-order valence-electron chi connectivity index (χ1n) is 7.96. The molecule has 0 aliphatic heterocycles. The molecule has 1 heterocycles. The highest BCUT2D eigenvalue weighted by Crippen LogP contribution is 2.20. The van der Waals surface area contributed by atoms with Gasteiger partial charge in [-0.05, 0) is 30.5 Å². The molecule has 6 nitrogen and oxygen atoms in total. The predicted octanol–water partition coefficient (Wildman–Crippen LogP) is 4.19. The van der Waals surface area contributed by atoms with Crippen molar-refractivity contribution in [2.45, 2.75) is 20.3 Å². The number of esters is 1. The topological polar surface area (TPSA) is 80.3 Å². The number of hydrogen-bond acceptors (Lipinski definition) is 6. The molecule has 0 fully saturated rings. The zero-order valence-corrected chi connectivity index (χ0v) is 15.9. The first kappa shape index (κ1) is 20.1. The molecular formula is C17H19ClFN3O3S. The number of carbonyl (C=O) groups excluding carboxylic acids is 2. The third kappa shape index (κ3) is 6.27. The third-order valence-corrected chi connectivity index (χ3v) is 4.28. The number of halogens is 2. The monoisotopic (exact) mass is 399 g/mol. The van der Waals surface area contributed by atoms with Crippen molar-refractivity contribution in [3.63, 3.8) is 0 Å². The van der Waals surface area contributed by atoms with Crippen LogP contribution in [0.25, 0.3) is 0 Å². The fourth-order valence-corrected chi connectivity index (χ4v) is 2.78. The van der Waals surface area contributed by atoms with Crippen molar-refractivity contribution >= 4 is 45.6 Å². The molecule has 26 heavy (non-hydrogen) atoms. The van der Waals surface area contributed by atoms with E-state index < -0.39 is 24.3 Å². The number of carbonyl (C=O) groups is 2. The Kier molecular flexibility index (Phi) is 7.35. The van der Waals surface area contributed by atoms with Crippen LogP contribution in [0.2, 0.25) is 5.02 Å². The van der Waals surface area contributed by atoms with Crippen molar-refractivity contribution in [3.05, 3.63) is 40.1 Å². The lowest BCUT2D eigenvalue weighted by Crippen LogP contribution is -2.21. The van der Waals surface area contributed by atoms with Gasteiger partial charge in [0.05, 0.1) is 5.69 Å². The van der Waals surface area contributed by atoms with Gasteiger partial charge in [-0.25, -0.2) is 14.2 Å². The number of anilines is 2. The summed E-state index contributed by atoms with van der Waals surface area (Å²) in [5, 5.41) is 7.86. The summed E-state index contributed by atoms with van der Waals surface area (Å²) in [5.41, 5.74) is 0.0348. The van der Waals surface area contributed by atoms with E-state index in [9.17, 15) is 14.0 Å². The number of rotatable bonds is 8. The zero-order valence-electron chi connectivity index (χ0n) is 14.3. The summed E-state index contributed by atoms with van der Waals surface area (Å²) in [6.45, 7) is 4.44. The van der Waals surface area contributed by atoms with Crippen LogP contribution < -0.4 is 10.6 Å². The van der Waals surface area contributed by atoms with Crippen molar-refractivity contribution in [1.82, 2.24) is 4.98 Å². The maximum absolute atomic E-state index is 13.6. The largest absolute Gasteiger partial charge is 0.451 e. The zero-order chi connectivity index (χ0) is 19.1. The van der Waals surface area contributed by atoms with E-state index in [1.807, 2.05) is 0 Å². The molecule has 0 unspecified atom stereocenters.